The SMILES string of the molecule is COC1CC(CC(=O)O)N(C(=O)CN(C)S(=O)(=O)c2ccccc2)C1. The number of amides is 1. The van der Waals surface area contributed by atoms with Crippen molar-refractivity contribution in [2.75, 3.05) is 27.2 Å². The second-order valence-electron chi connectivity index (χ2n) is 5.97. The van der Waals surface area contributed by atoms with Crippen molar-refractivity contribution in [1.82, 2.24) is 9.21 Å². The smallest absolute Gasteiger partial charge is 0.305 e. The molecule has 138 valence electrons. The van der Waals surface area contributed by atoms with E-state index in [4.69, 9.17) is 9.84 Å². The summed E-state index contributed by atoms with van der Waals surface area (Å²) in [7, 11) is -0.953. The number of nitrogens with zero attached hydrogens (tertiary/aromatic N) is 2. The summed E-state index contributed by atoms with van der Waals surface area (Å²) in [5.41, 5.74) is 0. The zero-order valence-corrected chi connectivity index (χ0v) is 15.0. The Labute approximate surface area is 147 Å². The number of hydrogen-bond donors (Lipinski definition) is 1. The second-order valence-corrected chi connectivity index (χ2v) is 8.01. The minimum absolute atomic E-state index is 0.101. The first-order valence-corrected chi connectivity index (χ1v) is 9.25. The number of methoxy groups -OCH3 is 1. The number of carbonyl (C=O) groups is 2. The van der Waals surface area contributed by atoms with Crippen molar-refractivity contribution < 1.29 is 27.9 Å². The van der Waals surface area contributed by atoms with Gasteiger partial charge in [0.05, 0.1) is 24.0 Å². The Morgan fingerprint density at radius 2 is 1.96 bits per heavy atom. The minimum Gasteiger partial charge on any atom is -0.481 e. The number of benzene rings is 1. The van der Waals surface area contributed by atoms with Gasteiger partial charge in [-0.05, 0) is 18.6 Å². The second kappa shape index (κ2) is 7.94. The number of hydrogen-bond acceptors (Lipinski definition) is 5. The predicted octanol–water partition coefficient (Wildman–Crippen LogP) is 0.398. The van der Waals surface area contributed by atoms with E-state index in [9.17, 15) is 18.0 Å². The van der Waals surface area contributed by atoms with E-state index in [1.807, 2.05) is 0 Å². The highest BCUT2D eigenvalue weighted by atomic mass is 32.2. The summed E-state index contributed by atoms with van der Waals surface area (Å²) in [6.07, 6.45) is -0.0194. The van der Waals surface area contributed by atoms with Crippen LogP contribution in [0.15, 0.2) is 35.2 Å². The van der Waals surface area contributed by atoms with E-state index < -0.39 is 27.9 Å². The number of carboxylic acid groups (broad SMARTS) is 1. The number of carbonyl (C=O) groups excluding carboxylic acids is 1. The van der Waals surface area contributed by atoms with Crippen molar-refractivity contribution >= 4 is 21.9 Å². The molecule has 0 spiro atoms. The van der Waals surface area contributed by atoms with Crippen LogP contribution >= 0.6 is 0 Å². The summed E-state index contributed by atoms with van der Waals surface area (Å²) in [5.74, 6) is -1.45. The molecule has 0 bridgehead atoms. The topological polar surface area (TPSA) is 104 Å². The lowest BCUT2D eigenvalue weighted by Crippen LogP contribution is -2.44. The maximum atomic E-state index is 12.6. The van der Waals surface area contributed by atoms with E-state index in [0.29, 0.717) is 6.42 Å². The van der Waals surface area contributed by atoms with Gasteiger partial charge in [-0.3, -0.25) is 9.59 Å². The predicted molar refractivity (Wildman–Crippen MR) is 89.4 cm³/mol. The van der Waals surface area contributed by atoms with Gasteiger partial charge in [-0.25, -0.2) is 8.42 Å². The first kappa shape index (κ1) is 19.4. The van der Waals surface area contributed by atoms with Crippen LogP contribution in [-0.4, -0.2) is 74.0 Å². The Hall–Kier alpha value is -1.97. The zero-order valence-electron chi connectivity index (χ0n) is 14.2. The summed E-state index contributed by atoms with van der Waals surface area (Å²) in [6, 6.07) is 7.34. The highest BCUT2D eigenvalue weighted by molar-refractivity contribution is 7.89. The Kier molecular flexibility index (Phi) is 6.15. The third-order valence-electron chi connectivity index (χ3n) is 4.25. The maximum absolute atomic E-state index is 12.6. The third kappa shape index (κ3) is 4.56. The first-order valence-electron chi connectivity index (χ1n) is 7.81. The lowest BCUT2D eigenvalue weighted by molar-refractivity contribution is -0.139. The molecule has 2 rings (SSSR count). The molecule has 9 heteroatoms. The van der Waals surface area contributed by atoms with Gasteiger partial charge in [-0.2, -0.15) is 4.31 Å². The van der Waals surface area contributed by atoms with E-state index in [2.05, 4.69) is 0 Å². The van der Waals surface area contributed by atoms with Gasteiger partial charge in [-0.1, -0.05) is 18.2 Å². The van der Waals surface area contributed by atoms with Crippen molar-refractivity contribution in [2.24, 2.45) is 0 Å². The van der Waals surface area contributed by atoms with E-state index in [1.54, 1.807) is 18.2 Å². The van der Waals surface area contributed by atoms with E-state index in [1.165, 1.54) is 31.2 Å². The largest absolute Gasteiger partial charge is 0.481 e. The fourth-order valence-electron chi connectivity index (χ4n) is 2.88. The molecule has 1 saturated heterocycles. The number of likely N-dealkylation sites (N-methyl/N-ethyl adjacent to an activating group) is 1. The quantitative estimate of drug-likeness (QED) is 0.745. The van der Waals surface area contributed by atoms with E-state index >= 15 is 0 Å². The van der Waals surface area contributed by atoms with Crippen LogP contribution in [0.4, 0.5) is 0 Å². The van der Waals surface area contributed by atoms with Gasteiger partial charge in [0, 0.05) is 26.7 Å². The molecular weight excluding hydrogens is 348 g/mol. The third-order valence-corrected chi connectivity index (χ3v) is 6.07. The Balaban J connectivity index is 2.10. The molecule has 1 fully saturated rings. The maximum Gasteiger partial charge on any atom is 0.305 e. The van der Waals surface area contributed by atoms with Crippen molar-refractivity contribution in [2.45, 2.75) is 29.9 Å². The van der Waals surface area contributed by atoms with Crippen LogP contribution in [0.5, 0.6) is 0 Å². The minimum atomic E-state index is -3.78. The van der Waals surface area contributed by atoms with Gasteiger partial charge in [0.1, 0.15) is 0 Å². The Bertz CT molecular complexity index is 721. The van der Waals surface area contributed by atoms with Crippen molar-refractivity contribution in [3.8, 4) is 0 Å². The monoisotopic (exact) mass is 370 g/mol. The average Bonchev–Trinajstić information content (AvgIpc) is 2.97. The van der Waals surface area contributed by atoms with Gasteiger partial charge < -0.3 is 14.7 Å². The summed E-state index contributed by atoms with van der Waals surface area (Å²) >= 11 is 0. The number of aliphatic carboxylic acids is 1. The number of carboxylic acids is 1. The normalized spacial score (nSPS) is 20.8. The molecule has 0 aliphatic carbocycles. The number of rotatable bonds is 7. The molecule has 1 amide bonds. The van der Waals surface area contributed by atoms with Crippen LogP contribution in [0.25, 0.3) is 0 Å². The molecular formula is C16H22N2O6S. The molecule has 0 saturated carbocycles. The van der Waals surface area contributed by atoms with Gasteiger partial charge in [0.25, 0.3) is 0 Å². The fraction of sp³-hybridized carbons (Fsp3) is 0.500. The van der Waals surface area contributed by atoms with Crippen LogP contribution in [0, 0.1) is 0 Å². The number of ether oxygens (including phenoxy) is 1. The van der Waals surface area contributed by atoms with Gasteiger partial charge in [0.2, 0.25) is 15.9 Å². The highest BCUT2D eigenvalue weighted by Gasteiger charge is 2.37. The molecule has 1 aromatic carbocycles. The van der Waals surface area contributed by atoms with Crippen LogP contribution < -0.4 is 0 Å². The van der Waals surface area contributed by atoms with Gasteiger partial charge in [-0.15, -0.1) is 0 Å². The molecule has 1 aromatic rings. The molecule has 1 aliphatic heterocycles. The van der Waals surface area contributed by atoms with Crippen molar-refractivity contribution in [3.05, 3.63) is 30.3 Å². The van der Waals surface area contributed by atoms with Gasteiger partial charge >= 0.3 is 5.97 Å². The summed E-state index contributed by atoms with van der Waals surface area (Å²) < 4.78 is 31.2. The standard InChI is InChI=1S/C16H22N2O6S/c1-17(25(22,23)14-6-4-3-5-7-14)11-15(19)18-10-13(24-2)8-12(18)9-16(20)21/h3-7,12-13H,8-11H2,1-2H3,(H,20,21). The van der Waals surface area contributed by atoms with E-state index in [0.717, 1.165) is 4.31 Å². The summed E-state index contributed by atoms with van der Waals surface area (Å²) in [5, 5.41) is 9.01. The average molecular weight is 370 g/mol. The molecule has 0 aromatic heterocycles. The van der Waals surface area contributed by atoms with Gasteiger partial charge in [0.15, 0.2) is 0 Å². The zero-order chi connectivity index (χ0) is 18.6. The molecule has 0 radical (unpaired) electrons. The fourth-order valence-corrected chi connectivity index (χ4v) is 4.03. The van der Waals surface area contributed by atoms with Crippen molar-refractivity contribution in [1.29, 1.82) is 0 Å². The molecule has 1 aliphatic rings. The molecule has 8 nitrogen and oxygen atoms in total. The molecule has 25 heavy (non-hydrogen) atoms. The van der Waals surface area contributed by atoms with Crippen LogP contribution in [-0.2, 0) is 24.3 Å². The van der Waals surface area contributed by atoms with Crippen LogP contribution in [0.1, 0.15) is 12.8 Å². The molecule has 2 atom stereocenters. The molecule has 1 heterocycles. The lowest BCUT2D eigenvalue weighted by atomic mass is 10.1. The summed E-state index contributed by atoms with van der Waals surface area (Å²) in [6.45, 7) is -0.101. The highest BCUT2D eigenvalue weighted by Crippen LogP contribution is 2.23. The molecule has 2 unspecified atom stereocenters. The molecule has 1 N–H and O–H groups in total. The Morgan fingerprint density at radius 1 is 1.32 bits per heavy atom. The summed E-state index contributed by atoms with van der Waals surface area (Å²) in [4.78, 5) is 25.1. The van der Waals surface area contributed by atoms with Crippen molar-refractivity contribution in [3.63, 3.8) is 0 Å². The first-order chi connectivity index (χ1) is 11.8. The van der Waals surface area contributed by atoms with Crippen LogP contribution in [0.3, 0.4) is 0 Å². The van der Waals surface area contributed by atoms with Crippen LogP contribution in [0.2, 0.25) is 0 Å². The van der Waals surface area contributed by atoms with E-state index in [-0.39, 0.29) is 30.5 Å². The number of sulfonamides is 1. The number of likely N-dealkylation sites (tertiary alicyclic amines) is 1. The Morgan fingerprint density at radius 3 is 2.52 bits per heavy atom. The lowest BCUT2D eigenvalue weighted by Gasteiger charge is -2.26.